The van der Waals surface area contributed by atoms with Crippen LogP contribution in [0.25, 0.3) is 0 Å². The molecule has 0 aliphatic heterocycles. The second-order valence-corrected chi connectivity index (χ2v) is 0.878. The van der Waals surface area contributed by atoms with Crippen molar-refractivity contribution in [1.29, 1.82) is 0 Å². The van der Waals surface area contributed by atoms with Crippen molar-refractivity contribution in [2.24, 2.45) is 0 Å². The molecule has 0 heterocycles. The van der Waals surface area contributed by atoms with E-state index >= 15 is 0 Å². The van der Waals surface area contributed by atoms with E-state index in [9.17, 15) is 4.79 Å². The van der Waals surface area contributed by atoms with Gasteiger partial charge in [0.2, 0.25) is 10.5 Å². The van der Waals surface area contributed by atoms with E-state index in [0.29, 0.717) is 0 Å². The maximum Gasteiger partial charge on any atom is 2.00 e. The molecule has 0 atom stereocenters. The first-order valence-electron chi connectivity index (χ1n) is 1.04. The van der Waals surface area contributed by atoms with Crippen molar-refractivity contribution in [2.75, 3.05) is 0 Å². The first-order chi connectivity index (χ1) is 2.27. The van der Waals surface area contributed by atoms with Crippen LogP contribution < -0.4 is 0 Å². The monoisotopic (exact) mass is 134 g/mol. The van der Waals surface area contributed by atoms with E-state index in [1.54, 1.807) is 0 Å². The van der Waals surface area contributed by atoms with Crippen LogP contribution in [0.1, 0.15) is 2.85 Å². The van der Waals surface area contributed by atoms with E-state index < -0.39 is 6.16 Å². The molecule has 34 valence electrons. The molecule has 0 bridgehead atoms. The van der Waals surface area contributed by atoms with Crippen molar-refractivity contribution in [3.63, 3.8) is 0 Å². The molecule has 0 fully saturated rings. The number of hydrogen-bond donors (Lipinski definition) is 1. The molecule has 0 aliphatic carbocycles. The molecule has 0 radical (unpaired) electrons. The fourth-order valence-corrected chi connectivity index (χ4v) is 0. The van der Waals surface area contributed by atoms with E-state index in [4.69, 9.17) is 5.11 Å². The van der Waals surface area contributed by atoms with Gasteiger partial charge in [0.15, 0.2) is 0 Å². The summed E-state index contributed by atoms with van der Waals surface area (Å²) in [6.07, 6.45) is -1.18. The van der Waals surface area contributed by atoms with Crippen molar-refractivity contribution in [3.8, 4) is 0 Å². The summed E-state index contributed by atoms with van der Waals surface area (Å²) in [5.74, 6) is 0. The number of rotatable bonds is 0. The minimum Gasteiger partial charge on any atom is -1.00 e. The second kappa shape index (κ2) is 5.75. The van der Waals surface area contributed by atoms with Crippen LogP contribution in [0.3, 0.4) is 0 Å². The van der Waals surface area contributed by atoms with E-state index in [1.165, 1.54) is 0 Å². The van der Waals surface area contributed by atoms with Crippen LogP contribution in [-0.4, -0.2) is 59.5 Å². The Bertz CT molecular complexity index is 52.5. The average Bonchev–Trinajstić information content (AvgIpc) is 1.38. The molecule has 0 saturated heterocycles. The summed E-state index contributed by atoms with van der Waals surface area (Å²) in [5.41, 5.74) is 0. The van der Waals surface area contributed by atoms with Crippen LogP contribution in [0.2, 0.25) is 0 Å². The van der Waals surface area contributed by atoms with Crippen LogP contribution in [0.15, 0.2) is 0 Å². The number of carboxylic acid groups (broad SMARTS) is 1. The average molecular weight is 134 g/mol. The van der Waals surface area contributed by atoms with Crippen molar-refractivity contribution in [3.05, 3.63) is 0 Å². The van der Waals surface area contributed by atoms with Gasteiger partial charge in [-0.15, -0.1) is 0 Å². The fraction of sp³-hybridized carbons (Fsp3) is 0. The third kappa shape index (κ3) is 8.83. The topological polar surface area (TPSA) is 46.5 Å². The molecule has 5 heteroatoms. The molecular formula is CH6CaO3Si. The van der Waals surface area contributed by atoms with Gasteiger partial charge in [-0.25, -0.2) is 4.79 Å². The van der Waals surface area contributed by atoms with Gasteiger partial charge in [-0.1, -0.05) is 0 Å². The van der Waals surface area contributed by atoms with Gasteiger partial charge in [0.05, 0.1) is 0 Å². The Morgan fingerprint density at radius 1 is 2.00 bits per heavy atom. The Kier molecular flexibility index (Phi) is 9.47. The van der Waals surface area contributed by atoms with Gasteiger partial charge in [-0.3, -0.25) is 0 Å². The molecule has 0 aromatic heterocycles. The van der Waals surface area contributed by atoms with Crippen molar-refractivity contribution >= 4 is 54.4 Å². The predicted octanol–water partition coefficient (Wildman–Crippen LogP) is -1.19. The van der Waals surface area contributed by atoms with Gasteiger partial charge in [-0.05, 0) is 0 Å². The minimum atomic E-state index is -1.18. The van der Waals surface area contributed by atoms with Crippen LogP contribution in [0, 0.1) is 0 Å². The van der Waals surface area contributed by atoms with Crippen LogP contribution in [0.4, 0.5) is 4.79 Å². The second-order valence-electron chi connectivity index (χ2n) is 0.470. The van der Waals surface area contributed by atoms with Crippen molar-refractivity contribution in [2.45, 2.75) is 0 Å². The largest absolute Gasteiger partial charge is 2.00 e. The molecule has 0 aliphatic rings. The van der Waals surface area contributed by atoms with Crippen LogP contribution in [0.5, 0.6) is 0 Å². The molecule has 0 aromatic carbocycles. The molecule has 3 nitrogen and oxygen atoms in total. The third-order valence-corrected chi connectivity index (χ3v) is 0.524. The summed E-state index contributed by atoms with van der Waals surface area (Å²) >= 11 is 0. The molecule has 0 saturated carbocycles. The quantitative estimate of drug-likeness (QED) is 0.424. The zero-order chi connectivity index (χ0) is 4.28. The van der Waals surface area contributed by atoms with Crippen molar-refractivity contribution in [1.82, 2.24) is 0 Å². The van der Waals surface area contributed by atoms with E-state index in [-0.39, 0.29) is 51.1 Å². The number of hydrogen-bond acceptors (Lipinski definition) is 2. The predicted molar refractivity (Wildman–Crippen MR) is 27.0 cm³/mol. The molecular weight excluding hydrogens is 128 g/mol. The van der Waals surface area contributed by atoms with E-state index in [2.05, 4.69) is 4.43 Å². The normalized spacial score (nSPS) is 6.00. The molecule has 0 spiro atoms. The first-order valence-corrected chi connectivity index (χ1v) is 1.86. The fourth-order valence-electron chi connectivity index (χ4n) is 0. The Hall–Kier alpha value is 0.747. The zero-order valence-corrected chi connectivity index (χ0v) is 7.68. The summed E-state index contributed by atoms with van der Waals surface area (Å²) in [7, 11) is 0.274. The first kappa shape index (κ1) is 9.89. The molecule has 6 heavy (non-hydrogen) atoms. The summed E-state index contributed by atoms with van der Waals surface area (Å²) in [4.78, 5) is 9.18. The number of carbonyl (C=O) groups is 1. The van der Waals surface area contributed by atoms with Gasteiger partial charge in [-0.2, -0.15) is 0 Å². The zero-order valence-electron chi connectivity index (χ0n) is 5.47. The molecule has 0 rings (SSSR count). The smallest absolute Gasteiger partial charge is 1.00 e. The van der Waals surface area contributed by atoms with Gasteiger partial charge in [0.1, 0.15) is 0 Å². The van der Waals surface area contributed by atoms with Crippen molar-refractivity contribution < 1.29 is 17.2 Å². The minimum absolute atomic E-state index is 0. The summed E-state index contributed by atoms with van der Waals surface area (Å²) in [6, 6.07) is 0. The summed E-state index contributed by atoms with van der Waals surface area (Å²) in [6.45, 7) is 0. The Balaban J connectivity index is -0.0000000267. The Morgan fingerprint density at radius 3 is 2.17 bits per heavy atom. The Labute approximate surface area is 71.2 Å². The summed E-state index contributed by atoms with van der Waals surface area (Å²) in [5, 5.41) is 7.53. The Morgan fingerprint density at radius 2 is 2.17 bits per heavy atom. The maximum absolute atomic E-state index is 9.18. The van der Waals surface area contributed by atoms with Crippen LogP contribution >= 0.6 is 0 Å². The van der Waals surface area contributed by atoms with E-state index in [1.807, 2.05) is 0 Å². The molecule has 1 N–H and O–H groups in total. The standard InChI is InChI=1S/CH4O3Si.Ca.2H/c2-1(3)4-5;;;/h5H3,(H,2,3);;;/q;+2;2*-1. The van der Waals surface area contributed by atoms with Gasteiger partial charge >= 0.3 is 43.9 Å². The van der Waals surface area contributed by atoms with Gasteiger partial charge < -0.3 is 12.4 Å². The molecule has 0 amide bonds. The van der Waals surface area contributed by atoms with Gasteiger partial charge in [0.25, 0.3) is 0 Å². The molecule has 0 aromatic rings. The van der Waals surface area contributed by atoms with Crippen LogP contribution in [-0.2, 0) is 4.43 Å². The summed E-state index contributed by atoms with van der Waals surface area (Å²) < 4.78 is 3.81. The van der Waals surface area contributed by atoms with E-state index in [0.717, 1.165) is 0 Å². The maximum atomic E-state index is 9.18. The molecule has 0 unspecified atom stereocenters. The third-order valence-electron chi connectivity index (χ3n) is 0.175. The SMILES string of the molecule is O=C(O)O[SiH3].[Ca+2].[H-].[H-]. The van der Waals surface area contributed by atoms with Gasteiger partial charge in [0, 0.05) is 0 Å².